The molecule has 0 aromatic rings. The number of hydrogen-bond acceptors (Lipinski definition) is 3. The Bertz CT molecular complexity index is 135. The predicted octanol–water partition coefficient (Wildman–Crippen LogP) is 0.264. The van der Waals surface area contributed by atoms with Gasteiger partial charge in [-0.1, -0.05) is 0 Å². The zero-order chi connectivity index (χ0) is 7.40. The van der Waals surface area contributed by atoms with E-state index in [1.165, 1.54) is 0 Å². The van der Waals surface area contributed by atoms with E-state index in [1.807, 2.05) is 6.07 Å². The third kappa shape index (κ3) is 1.98. The molecule has 2 N–H and O–H groups in total. The maximum absolute atomic E-state index is 8.38. The summed E-state index contributed by atoms with van der Waals surface area (Å²) >= 11 is 0. The first-order chi connectivity index (χ1) is 4.83. The van der Waals surface area contributed by atoms with E-state index >= 15 is 0 Å². The van der Waals surface area contributed by atoms with Crippen molar-refractivity contribution >= 4 is 0 Å². The summed E-state index contributed by atoms with van der Waals surface area (Å²) in [6.07, 6.45) is 1.85. The van der Waals surface area contributed by atoms with Crippen molar-refractivity contribution in [1.29, 1.82) is 5.26 Å². The Balaban J connectivity index is 2.19. The van der Waals surface area contributed by atoms with Gasteiger partial charge in [0.15, 0.2) is 0 Å². The Morgan fingerprint density at radius 1 is 1.80 bits per heavy atom. The highest BCUT2D eigenvalue weighted by atomic mass is 16.5. The molecule has 2 atom stereocenters. The molecule has 0 radical (unpaired) electrons. The molecule has 1 aliphatic heterocycles. The molecule has 1 rings (SSSR count). The summed E-state index contributed by atoms with van der Waals surface area (Å²) in [5.41, 5.74) is 5.44. The van der Waals surface area contributed by atoms with Crippen molar-refractivity contribution in [3.63, 3.8) is 0 Å². The van der Waals surface area contributed by atoms with Crippen LogP contribution < -0.4 is 5.73 Å². The molecule has 1 saturated heterocycles. The summed E-state index contributed by atoms with van der Waals surface area (Å²) in [6, 6.07) is 1.71. The Hall–Kier alpha value is -0.590. The summed E-state index contributed by atoms with van der Waals surface area (Å²) in [7, 11) is 0. The maximum Gasteiger partial charge on any atom is 0.0931 e. The zero-order valence-corrected chi connectivity index (χ0v) is 5.92. The van der Waals surface area contributed by atoms with Crippen LogP contribution in [0.15, 0.2) is 0 Å². The van der Waals surface area contributed by atoms with Crippen LogP contribution in [0.3, 0.4) is 0 Å². The van der Waals surface area contributed by atoms with E-state index < -0.39 is 0 Å². The summed E-state index contributed by atoms with van der Waals surface area (Å²) in [5.74, 6) is 0.523. The molecule has 1 aliphatic rings. The molecule has 0 bridgehead atoms. The van der Waals surface area contributed by atoms with E-state index in [0.29, 0.717) is 5.92 Å². The van der Waals surface area contributed by atoms with Gasteiger partial charge in [0, 0.05) is 13.2 Å². The molecule has 0 saturated carbocycles. The molecule has 0 aromatic heterocycles. The van der Waals surface area contributed by atoms with Crippen molar-refractivity contribution in [2.75, 3.05) is 13.2 Å². The highest BCUT2D eigenvalue weighted by Gasteiger charge is 2.17. The average Bonchev–Trinajstić information content (AvgIpc) is 2.40. The van der Waals surface area contributed by atoms with E-state index in [1.54, 1.807) is 0 Å². The summed E-state index contributed by atoms with van der Waals surface area (Å²) in [6.45, 7) is 1.62. The smallest absolute Gasteiger partial charge is 0.0931 e. The monoisotopic (exact) mass is 140 g/mol. The van der Waals surface area contributed by atoms with Crippen LogP contribution in [-0.4, -0.2) is 19.3 Å². The van der Waals surface area contributed by atoms with Crippen molar-refractivity contribution in [2.45, 2.75) is 18.9 Å². The van der Waals surface area contributed by atoms with Crippen molar-refractivity contribution in [3.8, 4) is 6.07 Å². The molecule has 1 fully saturated rings. The van der Waals surface area contributed by atoms with Gasteiger partial charge in [-0.2, -0.15) is 5.26 Å². The van der Waals surface area contributed by atoms with Gasteiger partial charge in [-0.05, 0) is 18.8 Å². The SMILES string of the molecule is N#CC(N)CC1CCOC1. The van der Waals surface area contributed by atoms with Gasteiger partial charge >= 0.3 is 0 Å². The summed E-state index contributed by atoms with van der Waals surface area (Å²) < 4.78 is 5.14. The van der Waals surface area contributed by atoms with Crippen LogP contribution in [0.5, 0.6) is 0 Å². The van der Waals surface area contributed by atoms with E-state index in [9.17, 15) is 0 Å². The second-order valence-corrected chi connectivity index (χ2v) is 2.70. The van der Waals surface area contributed by atoms with Gasteiger partial charge in [0.25, 0.3) is 0 Å². The quantitative estimate of drug-likeness (QED) is 0.598. The van der Waals surface area contributed by atoms with Crippen LogP contribution in [0.2, 0.25) is 0 Å². The first-order valence-corrected chi connectivity index (χ1v) is 3.56. The largest absolute Gasteiger partial charge is 0.381 e. The van der Waals surface area contributed by atoms with Crippen LogP contribution in [0.25, 0.3) is 0 Å². The van der Waals surface area contributed by atoms with E-state index in [2.05, 4.69) is 0 Å². The molecule has 0 aromatic carbocycles. The van der Waals surface area contributed by atoms with Crippen LogP contribution in [-0.2, 0) is 4.74 Å². The number of rotatable bonds is 2. The van der Waals surface area contributed by atoms with Gasteiger partial charge in [0.05, 0.1) is 12.1 Å². The molecule has 0 aliphatic carbocycles. The molecular formula is C7H12N2O. The summed E-state index contributed by atoms with van der Waals surface area (Å²) in [5, 5.41) is 8.38. The average molecular weight is 140 g/mol. The van der Waals surface area contributed by atoms with Crippen molar-refractivity contribution in [2.24, 2.45) is 11.7 Å². The third-order valence-electron chi connectivity index (χ3n) is 1.78. The van der Waals surface area contributed by atoms with Crippen LogP contribution in [0.1, 0.15) is 12.8 Å². The van der Waals surface area contributed by atoms with Crippen LogP contribution >= 0.6 is 0 Å². The number of nitrogens with zero attached hydrogens (tertiary/aromatic N) is 1. The highest BCUT2D eigenvalue weighted by Crippen LogP contribution is 2.16. The lowest BCUT2D eigenvalue weighted by atomic mass is 10.0. The van der Waals surface area contributed by atoms with Crippen molar-refractivity contribution in [3.05, 3.63) is 0 Å². The van der Waals surface area contributed by atoms with Gasteiger partial charge in [-0.15, -0.1) is 0 Å². The minimum absolute atomic E-state index is 0.299. The normalized spacial score (nSPS) is 27.8. The number of nitriles is 1. The van der Waals surface area contributed by atoms with Crippen LogP contribution in [0, 0.1) is 17.2 Å². The van der Waals surface area contributed by atoms with Gasteiger partial charge in [-0.25, -0.2) is 0 Å². The predicted molar refractivity (Wildman–Crippen MR) is 37.1 cm³/mol. The minimum Gasteiger partial charge on any atom is -0.381 e. The number of ether oxygens (including phenoxy) is 1. The molecule has 0 amide bonds. The fourth-order valence-corrected chi connectivity index (χ4v) is 1.18. The standard InChI is InChI=1S/C7H12N2O/c8-4-7(9)3-6-1-2-10-5-6/h6-7H,1-3,5,9H2. The topological polar surface area (TPSA) is 59.0 Å². The second-order valence-electron chi connectivity index (χ2n) is 2.70. The highest BCUT2D eigenvalue weighted by molar-refractivity contribution is 4.88. The maximum atomic E-state index is 8.38. The molecule has 3 heteroatoms. The van der Waals surface area contributed by atoms with Gasteiger partial charge in [-0.3, -0.25) is 0 Å². The molecule has 10 heavy (non-hydrogen) atoms. The number of nitrogens with two attached hydrogens (primary N) is 1. The molecule has 56 valence electrons. The zero-order valence-electron chi connectivity index (χ0n) is 5.92. The molecule has 0 spiro atoms. The fraction of sp³-hybridized carbons (Fsp3) is 0.857. The Labute approximate surface area is 60.8 Å². The Morgan fingerprint density at radius 3 is 3.10 bits per heavy atom. The molecule has 3 nitrogen and oxygen atoms in total. The molecule has 2 unspecified atom stereocenters. The van der Waals surface area contributed by atoms with Crippen molar-refractivity contribution in [1.82, 2.24) is 0 Å². The fourth-order valence-electron chi connectivity index (χ4n) is 1.18. The first kappa shape index (κ1) is 7.52. The first-order valence-electron chi connectivity index (χ1n) is 3.56. The minimum atomic E-state index is -0.299. The van der Waals surface area contributed by atoms with Gasteiger partial charge in [0.2, 0.25) is 0 Å². The summed E-state index contributed by atoms with van der Waals surface area (Å²) in [4.78, 5) is 0. The lowest BCUT2D eigenvalue weighted by Crippen LogP contribution is -2.21. The van der Waals surface area contributed by atoms with E-state index in [0.717, 1.165) is 26.1 Å². The van der Waals surface area contributed by atoms with Crippen LogP contribution in [0.4, 0.5) is 0 Å². The Morgan fingerprint density at radius 2 is 2.60 bits per heavy atom. The third-order valence-corrected chi connectivity index (χ3v) is 1.78. The lowest BCUT2D eigenvalue weighted by molar-refractivity contribution is 0.183. The molecule has 1 heterocycles. The van der Waals surface area contributed by atoms with Gasteiger partial charge < -0.3 is 10.5 Å². The molecular weight excluding hydrogens is 128 g/mol. The second kappa shape index (κ2) is 3.55. The van der Waals surface area contributed by atoms with Crippen molar-refractivity contribution < 1.29 is 4.74 Å². The van der Waals surface area contributed by atoms with E-state index in [-0.39, 0.29) is 6.04 Å². The van der Waals surface area contributed by atoms with Gasteiger partial charge in [0.1, 0.15) is 0 Å². The Kier molecular flexibility index (Phi) is 2.67. The number of hydrogen-bond donors (Lipinski definition) is 1. The van der Waals surface area contributed by atoms with E-state index in [4.69, 9.17) is 15.7 Å². The lowest BCUT2D eigenvalue weighted by Gasteiger charge is -2.06.